The van der Waals surface area contributed by atoms with Crippen molar-refractivity contribution in [1.82, 2.24) is 14.8 Å². The number of carbonyl (C=O) groups excluding carboxylic acids is 2. The molecule has 7 heteroatoms. The van der Waals surface area contributed by atoms with Gasteiger partial charge in [-0.2, -0.15) is 5.26 Å². The molecule has 0 radical (unpaired) electrons. The monoisotopic (exact) mass is 313 g/mol. The Hall–Kier alpha value is -2.62. The van der Waals surface area contributed by atoms with Gasteiger partial charge in [0.15, 0.2) is 0 Å². The molecule has 0 bridgehead atoms. The van der Waals surface area contributed by atoms with Crippen LogP contribution in [0.15, 0.2) is 18.5 Å². The molecule has 23 heavy (non-hydrogen) atoms. The Bertz CT molecular complexity index is 675. The molecule has 1 aromatic heterocycles. The Morgan fingerprint density at radius 3 is 2.78 bits per heavy atom. The second-order valence-corrected chi connectivity index (χ2v) is 6.24. The van der Waals surface area contributed by atoms with E-state index in [1.165, 1.54) is 0 Å². The van der Waals surface area contributed by atoms with Crippen molar-refractivity contribution < 1.29 is 9.59 Å². The topological polar surface area (TPSA) is 80.5 Å². The zero-order chi connectivity index (χ0) is 16.6. The van der Waals surface area contributed by atoms with Crippen LogP contribution >= 0.6 is 0 Å². The van der Waals surface area contributed by atoms with Crippen LogP contribution < -0.4 is 4.90 Å². The number of nitrogens with zero attached hydrogens (tertiary/aromatic N) is 5. The predicted octanol–water partition coefficient (Wildman–Crippen LogP) is 0.0786. The highest BCUT2D eigenvalue weighted by molar-refractivity contribution is 5.89. The molecule has 1 atom stereocenters. The number of amides is 2. The molecule has 3 heterocycles. The lowest BCUT2D eigenvalue weighted by atomic mass is 10.0. The summed E-state index contributed by atoms with van der Waals surface area (Å²) < 4.78 is 0. The third-order valence-electron chi connectivity index (χ3n) is 4.51. The standard InChI is InChI=1S/C16H19N5O2/c1-19(2)16(23)11-5-15(22)21(8-11)13-9-20(10-13)14-3-4-18-7-12(14)6-17/h3-4,7,11,13H,5,8-10H2,1-2H3. The van der Waals surface area contributed by atoms with Crippen molar-refractivity contribution in [3.05, 3.63) is 24.0 Å². The van der Waals surface area contributed by atoms with Crippen LogP contribution in [0.3, 0.4) is 0 Å². The summed E-state index contributed by atoms with van der Waals surface area (Å²) >= 11 is 0. The van der Waals surface area contributed by atoms with Crippen LogP contribution in [-0.4, -0.2) is 66.4 Å². The van der Waals surface area contributed by atoms with Gasteiger partial charge in [-0.15, -0.1) is 0 Å². The van der Waals surface area contributed by atoms with Crippen molar-refractivity contribution >= 4 is 17.5 Å². The summed E-state index contributed by atoms with van der Waals surface area (Å²) in [7, 11) is 3.43. The lowest BCUT2D eigenvalue weighted by Gasteiger charge is -2.45. The van der Waals surface area contributed by atoms with Crippen LogP contribution in [0.25, 0.3) is 0 Å². The molecule has 2 saturated heterocycles. The number of pyridine rings is 1. The van der Waals surface area contributed by atoms with Gasteiger partial charge in [-0.25, -0.2) is 0 Å². The molecule has 1 aromatic rings. The quantitative estimate of drug-likeness (QED) is 0.789. The lowest BCUT2D eigenvalue weighted by molar-refractivity contribution is -0.133. The summed E-state index contributed by atoms with van der Waals surface area (Å²) in [6.45, 7) is 1.87. The molecule has 1 unspecified atom stereocenters. The number of rotatable bonds is 3. The van der Waals surface area contributed by atoms with Crippen LogP contribution in [0.4, 0.5) is 5.69 Å². The fourth-order valence-corrected chi connectivity index (χ4v) is 3.21. The van der Waals surface area contributed by atoms with E-state index in [0.717, 1.165) is 5.69 Å². The summed E-state index contributed by atoms with van der Waals surface area (Å²) in [4.78, 5) is 33.6. The normalized spacial score (nSPS) is 21.1. The van der Waals surface area contributed by atoms with E-state index in [2.05, 4.69) is 16.0 Å². The molecular formula is C16H19N5O2. The lowest BCUT2D eigenvalue weighted by Crippen LogP contribution is -2.60. The summed E-state index contributed by atoms with van der Waals surface area (Å²) in [6, 6.07) is 4.07. The molecule has 3 rings (SSSR count). The Kier molecular flexibility index (Phi) is 3.90. The molecule has 2 amide bonds. The van der Waals surface area contributed by atoms with Crippen LogP contribution in [0.5, 0.6) is 0 Å². The van der Waals surface area contributed by atoms with E-state index in [4.69, 9.17) is 5.26 Å². The number of carbonyl (C=O) groups is 2. The van der Waals surface area contributed by atoms with Crippen LogP contribution in [0, 0.1) is 17.2 Å². The second kappa shape index (κ2) is 5.88. The van der Waals surface area contributed by atoms with Crippen molar-refractivity contribution in [2.75, 3.05) is 38.6 Å². The first-order valence-electron chi connectivity index (χ1n) is 7.61. The van der Waals surface area contributed by atoms with E-state index in [0.29, 0.717) is 31.6 Å². The predicted molar refractivity (Wildman–Crippen MR) is 83.5 cm³/mol. The van der Waals surface area contributed by atoms with Gasteiger partial charge in [-0.3, -0.25) is 14.6 Å². The Balaban J connectivity index is 1.63. The van der Waals surface area contributed by atoms with Gasteiger partial charge in [0.25, 0.3) is 0 Å². The molecule has 0 aliphatic carbocycles. The minimum atomic E-state index is -0.234. The zero-order valence-electron chi connectivity index (χ0n) is 13.3. The third-order valence-corrected chi connectivity index (χ3v) is 4.51. The fraction of sp³-hybridized carbons (Fsp3) is 0.500. The molecule has 0 aromatic carbocycles. The fourth-order valence-electron chi connectivity index (χ4n) is 3.21. The van der Waals surface area contributed by atoms with Gasteiger partial charge >= 0.3 is 0 Å². The van der Waals surface area contributed by atoms with Crippen molar-refractivity contribution in [1.29, 1.82) is 5.26 Å². The molecule has 2 aliphatic heterocycles. The second-order valence-electron chi connectivity index (χ2n) is 6.24. The van der Waals surface area contributed by atoms with Gasteiger partial charge in [-0.05, 0) is 6.07 Å². The summed E-state index contributed by atoms with van der Waals surface area (Å²) in [5.74, 6) is -0.176. The van der Waals surface area contributed by atoms with Gasteiger partial charge in [0.05, 0.1) is 23.2 Å². The van der Waals surface area contributed by atoms with Gasteiger partial charge in [0, 0.05) is 52.5 Å². The van der Waals surface area contributed by atoms with Crippen LogP contribution in [0.1, 0.15) is 12.0 Å². The highest BCUT2D eigenvalue weighted by Gasteiger charge is 2.42. The first kappa shape index (κ1) is 15.3. The summed E-state index contributed by atoms with van der Waals surface area (Å²) in [6.07, 6.45) is 3.51. The molecule has 0 N–H and O–H groups in total. The maximum absolute atomic E-state index is 12.2. The smallest absolute Gasteiger partial charge is 0.227 e. The molecule has 120 valence electrons. The average molecular weight is 313 g/mol. The van der Waals surface area contributed by atoms with E-state index in [1.807, 2.05) is 11.0 Å². The molecule has 2 fully saturated rings. The van der Waals surface area contributed by atoms with Gasteiger partial charge < -0.3 is 14.7 Å². The van der Waals surface area contributed by atoms with E-state index in [9.17, 15) is 9.59 Å². The summed E-state index contributed by atoms with van der Waals surface area (Å²) in [5.41, 5.74) is 1.39. The van der Waals surface area contributed by atoms with Crippen LogP contribution in [0.2, 0.25) is 0 Å². The number of anilines is 1. The average Bonchev–Trinajstić information content (AvgIpc) is 2.87. The van der Waals surface area contributed by atoms with Crippen molar-refractivity contribution in [3.63, 3.8) is 0 Å². The Morgan fingerprint density at radius 2 is 2.13 bits per heavy atom. The van der Waals surface area contributed by atoms with Gasteiger partial charge in [-0.1, -0.05) is 0 Å². The molecular weight excluding hydrogens is 294 g/mol. The van der Waals surface area contributed by atoms with Crippen molar-refractivity contribution in [2.45, 2.75) is 12.5 Å². The first-order chi connectivity index (χ1) is 11.0. The minimum Gasteiger partial charge on any atom is -0.366 e. The van der Waals surface area contributed by atoms with Crippen molar-refractivity contribution in [2.24, 2.45) is 5.92 Å². The molecule has 0 saturated carbocycles. The third kappa shape index (κ3) is 2.72. The highest BCUT2D eigenvalue weighted by atomic mass is 16.2. The Morgan fingerprint density at radius 1 is 1.39 bits per heavy atom. The molecule has 7 nitrogen and oxygen atoms in total. The van der Waals surface area contributed by atoms with Crippen molar-refractivity contribution in [3.8, 4) is 6.07 Å². The highest BCUT2D eigenvalue weighted by Crippen LogP contribution is 2.30. The number of likely N-dealkylation sites (tertiary alicyclic amines) is 1. The first-order valence-corrected chi connectivity index (χ1v) is 7.61. The van der Waals surface area contributed by atoms with Gasteiger partial charge in [0.1, 0.15) is 6.07 Å². The van der Waals surface area contributed by atoms with Crippen LogP contribution in [-0.2, 0) is 9.59 Å². The molecule has 2 aliphatic rings. The summed E-state index contributed by atoms with van der Waals surface area (Å²) in [5, 5.41) is 9.13. The van der Waals surface area contributed by atoms with E-state index < -0.39 is 0 Å². The zero-order valence-corrected chi connectivity index (χ0v) is 13.3. The number of hydrogen-bond acceptors (Lipinski definition) is 5. The SMILES string of the molecule is CN(C)C(=O)C1CC(=O)N(C2CN(c3ccncc3C#N)C2)C1. The minimum absolute atomic E-state index is 0.0120. The van der Waals surface area contributed by atoms with E-state index >= 15 is 0 Å². The van der Waals surface area contributed by atoms with E-state index in [-0.39, 0.29) is 23.8 Å². The Labute approximate surface area is 135 Å². The number of aromatic nitrogens is 1. The largest absolute Gasteiger partial charge is 0.366 e. The number of hydrogen-bond donors (Lipinski definition) is 0. The van der Waals surface area contributed by atoms with E-state index in [1.54, 1.807) is 31.4 Å². The maximum atomic E-state index is 12.2. The van der Waals surface area contributed by atoms with Gasteiger partial charge in [0.2, 0.25) is 11.8 Å². The number of nitriles is 1. The maximum Gasteiger partial charge on any atom is 0.227 e. The molecule has 0 spiro atoms.